The van der Waals surface area contributed by atoms with E-state index in [4.69, 9.17) is 9.15 Å². The molecule has 0 aromatic carbocycles. The van der Waals surface area contributed by atoms with Crippen LogP contribution in [0.1, 0.15) is 45.3 Å². The highest BCUT2D eigenvalue weighted by atomic mass is 16.6. The fourth-order valence-electron chi connectivity index (χ4n) is 4.16. The molecule has 146 valence electrons. The maximum absolute atomic E-state index is 12.3. The molecule has 0 bridgehead atoms. The average molecular weight is 372 g/mol. The van der Waals surface area contributed by atoms with Crippen LogP contribution in [0.5, 0.6) is 0 Å². The number of H-pyrrole nitrogens is 1. The summed E-state index contributed by atoms with van der Waals surface area (Å²) in [6, 6.07) is 6.14. The van der Waals surface area contributed by atoms with E-state index in [2.05, 4.69) is 28.9 Å². The van der Waals surface area contributed by atoms with Gasteiger partial charge < -0.3 is 14.1 Å². The van der Waals surface area contributed by atoms with Gasteiger partial charge in [0.25, 0.3) is 0 Å². The van der Waals surface area contributed by atoms with Crippen molar-refractivity contribution in [2.24, 2.45) is 0 Å². The fraction of sp³-hybridized carbons (Fsp3) is 0.600. The van der Waals surface area contributed by atoms with Gasteiger partial charge in [-0.15, -0.1) is 0 Å². The summed E-state index contributed by atoms with van der Waals surface area (Å²) >= 11 is 0. The minimum atomic E-state index is -0.306. The van der Waals surface area contributed by atoms with Gasteiger partial charge in [-0.3, -0.25) is 10.00 Å². The van der Waals surface area contributed by atoms with Crippen LogP contribution in [0.2, 0.25) is 0 Å². The van der Waals surface area contributed by atoms with Crippen molar-refractivity contribution in [1.29, 1.82) is 0 Å². The lowest BCUT2D eigenvalue weighted by Crippen LogP contribution is -2.47. The van der Waals surface area contributed by atoms with Crippen LogP contribution in [0.3, 0.4) is 0 Å². The zero-order valence-electron chi connectivity index (χ0n) is 16.1. The average Bonchev–Trinajstić information content (AvgIpc) is 3.38. The quantitative estimate of drug-likeness (QED) is 0.838. The van der Waals surface area contributed by atoms with Crippen LogP contribution in [-0.2, 0) is 11.3 Å². The van der Waals surface area contributed by atoms with E-state index in [-0.39, 0.29) is 17.7 Å². The number of nitrogens with one attached hydrogen (secondary N) is 1. The van der Waals surface area contributed by atoms with Gasteiger partial charge in [0.05, 0.1) is 13.1 Å². The summed E-state index contributed by atoms with van der Waals surface area (Å²) in [5, 5.41) is 6.88. The molecule has 2 aromatic rings. The predicted octanol–water partition coefficient (Wildman–Crippen LogP) is 3.65. The Labute approximate surface area is 159 Å². The molecule has 1 N–H and O–H groups in total. The van der Waals surface area contributed by atoms with Gasteiger partial charge >= 0.3 is 6.09 Å². The number of carbonyl (C=O) groups excluding carboxylic acids is 1. The Morgan fingerprint density at radius 1 is 1.30 bits per heavy atom. The molecular weight excluding hydrogens is 344 g/mol. The number of furan rings is 1. The van der Waals surface area contributed by atoms with Crippen molar-refractivity contribution in [1.82, 2.24) is 20.0 Å². The molecule has 2 aromatic heterocycles. The first-order chi connectivity index (χ1) is 13.1. The van der Waals surface area contributed by atoms with Crippen LogP contribution >= 0.6 is 0 Å². The summed E-state index contributed by atoms with van der Waals surface area (Å²) in [5.41, 5.74) is 0.581. The maximum Gasteiger partial charge on any atom is 0.410 e. The maximum atomic E-state index is 12.3. The zero-order valence-corrected chi connectivity index (χ0v) is 16.1. The number of ether oxygens (including phenoxy) is 1. The van der Waals surface area contributed by atoms with Crippen molar-refractivity contribution in [3.63, 3.8) is 0 Å². The first-order valence-corrected chi connectivity index (χ1v) is 9.89. The second-order valence-electron chi connectivity index (χ2n) is 7.83. The molecule has 0 unspecified atom stereocenters. The number of aromatic nitrogens is 2. The van der Waals surface area contributed by atoms with Gasteiger partial charge in [0.15, 0.2) is 5.76 Å². The van der Waals surface area contributed by atoms with Crippen molar-refractivity contribution >= 4 is 6.09 Å². The number of likely N-dealkylation sites (tertiary alicyclic amines) is 1. The standard InChI is InChI=1S/C20H28N4O3/c1-3-4-15(2)24-14-20(27-19(24)25)8-11-23(12-9-20)13-16-5-6-18(26-16)17-7-10-21-22-17/h5-7,10,15H,3-4,8-9,11-14H2,1-2H3,(H,21,22)/t15-/m0/s1. The molecule has 7 heteroatoms. The number of aromatic amines is 1. The van der Waals surface area contributed by atoms with Crippen LogP contribution in [0.15, 0.2) is 28.8 Å². The van der Waals surface area contributed by atoms with Gasteiger partial charge in [-0.25, -0.2) is 4.79 Å². The van der Waals surface area contributed by atoms with E-state index in [0.29, 0.717) is 0 Å². The van der Waals surface area contributed by atoms with E-state index in [1.54, 1.807) is 6.20 Å². The first-order valence-electron chi connectivity index (χ1n) is 9.89. The number of rotatable bonds is 6. The summed E-state index contributed by atoms with van der Waals surface area (Å²) in [4.78, 5) is 16.6. The molecular formula is C20H28N4O3. The van der Waals surface area contributed by atoms with Crippen LogP contribution in [0.25, 0.3) is 11.5 Å². The van der Waals surface area contributed by atoms with E-state index in [0.717, 1.165) is 69.1 Å². The highest BCUT2D eigenvalue weighted by molar-refractivity contribution is 5.71. The van der Waals surface area contributed by atoms with E-state index in [1.807, 2.05) is 23.1 Å². The van der Waals surface area contributed by atoms with Crippen molar-refractivity contribution in [3.8, 4) is 11.5 Å². The van der Waals surface area contributed by atoms with Crippen LogP contribution < -0.4 is 0 Å². The van der Waals surface area contributed by atoms with Gasteiger partial charge in [0.2, 0.25) is 0 Å². The number of nitrogens with zero attached hydrogens (tertiary/aromatic N) is 3. The molecule has 0 aliphatic carbocycles. The molecule has 4 heterocycles. The van der Waals surface area contributed by atoms with Crippen molar-refractivity contribution in [2.45, 2.75) is 57.7 Å². The largest absolute Gasteiger partial charge is 0.458 e. The fourth-order valence-corrected chi connectivity index (χ4v) is 4.16. The number of carbonyl (C=O) groups is 1. The predicted molar refractivity (Wildman–Crippen MR) is 101 cm³/mol. The van der Waals surface area contributed by atoms with Crippen molar-refractivity contribution in [2.75, 3.05) is 19.6 Å². The minimum absolute atomic E-state index is 0.139. The molecule has 1 atom stereocenters. The number of hydrogen-bond acceptors (Lipinski definition) is 5. The molecule has 0 saturated carbocycles. The van der Waals surface area contributed by atoms with Crippen LogP contribution in [0.4, 0.5) is 4.79 Å². The highest BCUT2D eigenvalue weighted by Gasteiger charge is 2.48. The van der Waals surface area contributed by atoms with E-state index < -0.39 is 0 Å². The topological polar surface area (TPSA) is 74.6 Å². The summed E-state index contributed by atoms with van der Waals surface area (Å²) < 4.78 is 11.8. The summed E-state index contributed by atoms with van der Waals surface area (Å²) in [6.45, 7) is 7.58. The zero-order chi connectivity index (χ0) is 18.9. The van der Waals surface area contributed by atoms with Crippen LogP contribution in [-0.4, -0.2) is 57.4 Å². The van der Waals surface area contributed by atoms with Gasteiger partial charge in [-0.1, -0.05) is 13.3 Å². The summed E-state index contributed by atoms with van der Waals surface area (Å²) in [6.07, 6.45) is 5.43. The van der Waals surface area contributed by atoms with Gasteiger partial charge in [-0.2, -0.15) is 5.10 Å². The van der Waals surface area contributed by atoms with E-state index >= 15 is 0 Å². The molecule has 4 rings (SSSR count). The third-order valence-electron chi connectivity index (χ3n) is 5.81. The Hall–Kier alpha value is -2.28. The Bertz CT molecular complexity index is 762. The number of piperidine rings is 1. The molecule has 1 amide bonds. The SMILES string of the molecule is CCC[C@H](C)N1CC2(CCN(Cc3ccc(-c4ccn[nH]4)o3)CC2)OC1=O. The van der Waals surface area contributed by atoms with E-state index in [1.165, 1.54) is 0 Å². The van der Waals surface area contributed by atoms with Crippen molar-refractivity contribution in [3.05, 3.63) is 30.2 Å². The lowest BCUT2D eigenvalue weighted by atomic mass is 9.91. The highest BCUT2D eigenvalue weighted by Crippen LogP contribution is 2.35. The molecule has 1 spiro atoms. The summed E-state index contributed by atoms with van der Waals surface area (Å²) in [7, 11) is 0. The second kappa shape index (κ2) is 7.38. The monoisotopic (exact) mass is 372 g/mol. The normalized spacial score (nSPS) is 21.0. The van der Waals surface area contributed by atoms with Crippen molar-refractivity contribution < 1.29 is 13.9 Å². The third kappa shape index (κ3) is 3.74. The molecule has 0 radical (unpaired) electrons. The molecule has 2 aliphatic heterocycles. The van der Waals surface area contributed by atoms with Gasteiger partial charge in [-0.05, 0) is 31.5 Å². The molecule has 2 saturated heterocycles. The number of amides is 1. The summed E-state index contributed by atoms with van der Waals surface area (Å²) in [5.74, 6) is 1.75. The van der Waals surface area contributed by atoms with Gasteiger partial charge in [0, 0.05) is 38.2 Å². The second-order valence-corrected chi connectivity index (χ2v) is 7.83. The molecule has 2 fully saturated rings. The Balaban J connectivity index is 1.32. The smallest absolute Gasteiger partial charge is 0.410 e. The van der Waals surface area contributed by atoms with E-state index in [9.17, 15) is 4.79 Å². The first kappa shape index (κ1) is 18.1. The molecule has 7 nitrogen and oxygen atoms in total. The molecule has 2 aliphatic rings. The number of hydrogen-bond donors (Lipinski definition) is 1. The Morgan fingerprint density at radius 2 is 2.11 bits per heavy atom. The molecule has 27 heavy (non-hydrogen) atoms. The van der Waals surface area contributed by atoms with Crippen LogP contribution in [0, 0.1) is 0 Å². The Kier molecular flexibility index (Phi) is 4.95. The Morgan fingerprint density at radius 3 is 2.81 bits per heavy atom. The third-order valence-corrected chi connectivity index (χ3v) is 5.81. The lowest BCUT2D eigenvalue weighted by molar-refractivity contribution is -0.00265. The lowest BCUT2D eigenvalue weighted by Gasteiger charge is -2.37. The van der Waals surface area contributed by atoms with Gasteiger partial charge in [0.1, 0.15) is 17.1 Å². The minimum Gasteiger partial charge on any atom is -0.458 e.